The Morgan fingerprint density at radius 1 is 0.810 bits per heavy atom. The SMILES string of the molecule is CC(C)CC(NC(=O)C(N)Cc1ccc(O)cc1)C(=O)NC(Cc1ccccc1)C(=O)NC(Cc1cnc[nH]1)C(=O)O. The predicted molar refractivity (Wildman–Crippen MR) is 155 cm³/mol. The van der Waals surface area contributed by atoms with Crippen molar-refractivity contribution < 1.29 is 29.4 Å². The number of benzene rings is 2. The fourth-order valence-electron chi connectivity index (χ4n) is 4.38. The van der Waals surface area contributed by atoms with Crippen LogP contribution in [0.3, 0.4) is 0 Å². The molecule has 1 aromatic heterocycles. The second kappa shape index (κ2) is 15.3. The van der Waals surface area contributed by atoms with Gasteiger partial charge in [0, 0.05) is 24.7 Å². The fourth-order valence-corrected chi connectivity index (χ4v) is 4.38. The first-order valence-corrected chi connectivity index (χ1v) is 13.7. The van der Waals surface area contributed by atoms with Gasteiger partial charge < -0.3 is 36.9 Å². The smallest absolute Gasteiger partial charge is 0.326 e. The molecule has 42 heavy (non-hydrogen) atoms. The zero-order valence-electron chi connectivity index (χ0n) is 23.6. The Bertz CT molecular complexity index is 1310. The van der Waals surface area contributed by atoms with E-state index in [1.165, 1.54) is 24.7 Å². The molecule has 2 aromatic carbocycles. The maximum Gasteiger partial charge on any atom is 0.326 e. The van der Waals surface area contributed by atoms with E-state index in [9.17, 15) is 29.4 Å². The first-order chi connectivity index (χ1) is 20.0. The second-order valence-electron chi connectivity index (χ2n) is 10.6. The van der Waals surface area contributed by atoms with Crippen LogP contribution in [0.2, 0.25) is 0 Å². The number of amides is 3. The number of carboxylic acids is 1. The molecule has 4 atom stereocenters. The molecule has 0 fully saturated rings. The summed E-state index contributed by atoms with van der Waals surface area (Å²) in [5.74, 6) is -2.95. The number of phenols is 1. The maximum atomic E-state index is 13.5. The molecule has 12 nitrogen and oxygen atoms in total. The number of nitrogens with two attached hydrogens (primary N) is 1. The Balaban J connectivity index is 1.75. The van der Waals surface area contributed by atoms with Crippen molar-refractivity contribution in [3.05, 3.63) is 83.9 Å². The number of phenolic OH excluding ortho intramolecular Hbond substituents is 1. The van der Waals surface area contributed by atoms with Crippen LogP contribution < -0.4 is 21.7 Å². The number of H-pyrrole nitrogens is 1. The molecular weight excluding hydrogens is 540 g/mol. The average Bonchev–Trinajstić information content (AvgIpc) is 3.46. The zero-order chi connectivity index (χ0) is 30.6. The van der Waals surface area contributed by atoms with Crippen molar-refractivity contribution in [3.63, 3.8) is 0 Å². The van der Waals surface area contributed by atoms with Crippen molar-refractivity contribution in [3.8, 4) is 5.75 Å². The minimum absolute atomic E-state index is 0.0153. The van der Waals surface area contributed by atoms with Gasteiger partial charge in [0.1, 0.15) is 23.9 Å². The van der Waals surface area contributed by atoms with E-state index >= 15 is 0 Å². The topological polar surface area (TPSA) is 200 Å². The Labute approximate surface area is 244 Å². The van der Waals surface area contributed by atoms with Gasteiger partial charge in [0.25, 0.3) is 0 Å². The third-order valence-corrected chi connectivity index (χ3v) is 6.58. The first kappa shape index (κ1) is 31.8. The molecule has 1 heterocycles. The lowest BCUT2D eigenvalue weighted by molar-refractivity contribution is -0.142. The van der Waals surface area contributed by atoms with Gasteiger partial charge in [0.15, 0.2) is 0 Å². The van der Waals surface area contributed by atoms with Crippen LogP contribution in [0.5, 0.6) is 5.75 Å². The molecule has 0 spiro atoms. The van der Waals surface area contributed by atoms with Gasteiger partial charge in [-0.25, -0.2) is 9.78 Å². The molecule has 0 bridgehead atoms. The van der Waals surface area contributed by atoms with Crippen molar-refractivity contribution >= 4 is 23.7 Å². The number of aromatic hydroxyl groups is 1. The highest BCUT2D eigenvalue weighted by atomic mass is 16.4. The summed E-state index contributed by atoms with van der Waals surface area (Å²) >= 11 is 0. The molecule has 224 valence electrons. The summed E-state index contributed by atoms with van der Waals surface area (Å²) in [4.78, 5) is 58.5. The molecule has 3 amide bonds. The van der Waals surface area contributed by atoms with Gasteiger partial charge in [-0.15, -0.1) is 0 Å². The third-order valence-electron chi connectivity index (χ3n) is 6.58. The van der Waals surface area contributed by atoms with Gasteiger partial charge in [-0.3, -0.25) is 14.4 Å². The van der Waals surface area contributed by atoms with E-state index in [1.54, 1.807) is 36.4 Å². The number of hydrogen-bond acceptors (Lipinski definition) is 7. The highest BCUT2D eigenvalue weighted by molar-refractivity contribution is 5.94. The number of nitrogens with one attached hydrogen (secondary N) is 4. The standard InChI is InChI=1S/C30H38N6O6/c1-18(2)12-24(34-27(38)23(31)13-20-8-10-22(37)11-9-20)28(39)35-25(14-19-6-4-3-5-7-19)29(40)36-26(30(41)42)15-21-16-32-17-33-21/h3-11,16-18,23-26,37H,12-15,31H2,1-2H3,(H,32,33)(H,34,38)(H,35,39)(H,36,40)(H,41,42). The number of aliphatic carboxylic acids is 1. The van der Waals surface area contributed by atoms with Crippen LogP contribution in [-0.4, -0.2) is 68.0 Å². The molecule has 0 aliphatic rings. The van der Waals surface area contributed by atoms with Gasteiger partial charge in [-0.2, -0.15) is 0 Å². The molecule has 3 rings (SSSR count). The summed E-state index contributed by atoms with van der Waals surface area (Å²) in [5, 5.41) is 27.2. The quantitative estimate of drug-likeness (QED) is 0.139. The number of carbonyl (C=O) groups is 4. The predicted octanol–water partition coefficient (Wildman–Crippen LogP) is 1.06. The van der Waals surface area contributed by atoms with Gasteiger partial charge in [0.05, 0.1) is 12.4 Å². The van der Waals surface area contributed by atoms with Gasteiger partial charge >= 0.3 is 5.97 Å². The summed E-state index contributed by atoms with van der Waals surface area (Å²) in [6, 6.07) is 11.0. The Morgan fingerprint density at radius 2 is 1.40 bits per heavy atom. The lowest BCUT2D eigenvalue weighted by Gasteiger charge is -2.26. The normalized spacial score (nSPS) is 13.9. The lowest BCUT2D eigenvalue weighted by Crippen LogP contribution is -2.58. The summed E-state index contributed by atoms with van der Waals surface area (Å²) in [5.41, 5.74) is 8.13. The number of nitrogens with zero attached hydrogens (tertiary/aromatic N) is 1. The van der Waals surface area contributed by atoms with Gasteiger partial charge in [-0.1, -0.05) is 56.3 Å². The highest BCUT2D eigenvalue weighted by Gasteiger charge is 2.31. The van der Waals surface area contributed by atoms with Crippen LogP contribution in [0, 0.1) is 5.92 Å². The van der Waals surface area contributed by atoms with Crippen LogP contribution >= 0.6 is 0 Å². The number of aromatic nitrogens is 2. The second-order valence-corrected chi connectivity index (χ2v) is 10.6. The van der Waals surface area contributed by atoms with Crippen molar-refractivity contribution in [2.75, 3.05) is 0 Å². The monoisotopic (exact) mass is 578 g/mol. The maximum absolute atomic E-state index is 13.5. The molecule has 8 N–H and O–H groups in total. The van der Waals surface area contributed by atoms with E-state index in [0.29, 0.717) is 5.69 Å². The molecule has 3 aromatic rings. The number of hydrogen-bond donors (Lipinski definition) is 7. The van der Waals surface area contributed by atoms with Crippen LogP contribution in [-0.2, 0) is 38.4 Å². The van der Waals surface area contributed by atoms with E-state index in [-0.39, 0.29) is 37.4 Å². The fraction of sp³-hybridized carbons (Fsp3) is 0.367. The molecule has 0 radical (unpaired) electrons. The Morgan fingerprint density at radius 3 is 2.00 bits per heavy atom. The summed E-state index contributed by atoms with van der Waals surface area (Å²) in [7, 11) is 0. The summed E-state index contributed by atoms with van der Waals surface area (Å²) in [6.45, 7) is 3.79. The van der Waals surface area contributed by atoms with E-state index in [2.05, 4.69) is 25.9 Å². The minimum Gasteiger partial charge on any atom is -0.508 e. The van der Waals surface area contributed by atoms with Crippen molar-refractivity contribution in [2.24, 2.45) is 11.7 Å². The number of imidazole rings is 1. The summed E-state index contributed by atoms with van der Waals surface area (Å²) < 4.78 is 0. The average molecular weight is 579 g/mol. The largest absolute Gasteiger partial charge is 0.508 e. The van der Waals surface area contributed by atoms with Crippen LogP contribution in [0.25, 0.3) is 0 Å². The number of aromatic amines is 1. The van der Waals surface area contributed by atoms with Crippen molar-refractivity contribution in [1.29, 1.82) is 0 Å². The number of carboxylic acid groups (broad SMARTS) is 1. The Kier molecular flexibility index (Phi) is 11.6. The van der Waals surface area contributed by atoms with E-state index in [0.717, 1.165) is 11.1 Å². The molecule has 0 aliphatic carbocycles. The number of rotatable bonds is 15. The Hall–Kier alpha value is -4.71. The van der Waals surface area contributed by atoms with E-state index in [4.69, 9.17) is 5.73 Å². The molecule has 0 saturated heterocycles. The first-order valence-electron chi connectivity index (χ1n) is 13.7. The van der Waals surface area contributed by atoms with Crippen LogP contribution in [0.1, 0.15) is 37.1 Å². The lowest BCUT2D eigenvalue weighted by atomic mass is 9.99. The van der Waals surface area contributed by atoms with E-state index < -0.39 is 47.9 Å². The highest BCUT2D eigenvalue weighted by Crippen LogP contribution is 2.12. The van der Waals surface area contributed by atoms with Crippen molar-refractivity contribution in [2.45, 2.75) is 63.7 Å². The molecular formula is C30H38N6O6. The molecule has 0 aliphatic heterocycles. The molecule has 0 saturated carbocycles. The van der Waals surface area contributed by atoms with Gasteiger partial charge in [-0.05, 0) is 42.0 Å². The van der Waals surface area contributed by atoms with Crippen LogP contribution in [0.15, 0.2) is 67.1 Å². The van der Waals surface area contributed by atoms with Gasteiger partial charge in [0.2, 0.25) is 17.7 Å². The number of carbonyl (C=O) groups excluding carboxylic acids is 3. The molecule has 4 unspecified atom stereocenters. The van der Waals surface area contributed by atoms with E-state index in [1.807, 2.05) is 19.9 Å². The minimum atomic E-state index is -1.27. The third kappa shape index (κ3) is 10.0. The van der Waals surface area contributed by atoms with Crippen LogP contribution in [0.4, 0.5) is 0 Å². The summed E-state index contributed by atoms with van der Waals surface area (Å²) in [6.07, 6.45) is 3.41. The zero-order valence-corrected chi connectivity index (χ0v) is 23.6. The van der Waals surface area contributed by atoms with Crippen molar-refractivity contribution in [1.82, 2.24) is 25.9 Å². The molecule has 12 heteroatoms.